The maximum atomic E-state index is 12.6. The zero-order valence-electron chi connectivity index (χ0n) is 13.8. The third kappa shape index (κ3) is 4.14. The Morgan fingerprint density at radius 3 is 2.52 bits per heavy atom. The Bertz CT molecular complexity index is 520. The van der Waals surface area contributed by atoms with Gasteiger partial charge in [0, 0.05) is 43.2 Å². The standard InChI is InChI=1S/C18H26BrN3O/c1-14(15-4-6-17(19)7-5-15)21-9-11-22(12-10-21)18(23)16-3-2-8-20-13-16/h4-7,14,16,20H,2-3,8-13H2,1H3. The number of carbonyl (C=O) groups excluding carboxylic acids is 1. The van der Waals surface area contributed by atoms with Gasteiger partial charge >= 0.3 is 0 Å². The van der Waals surface area contributed by atoms with Crippen LogP contribution in [-0.4, -0.2) is 55.0 Å². The fraction of sp³-hybridized carbons (Fsp3) is 0.611. The number of piperazine rings is 1. The van der Waals surface area contributed by atoms with Crippen molar-refractivity contribution in [3.05, 3.63) is 34.3 Å². The summed E-state index contributed by atoms with van der Waals surface area (Å²) in [5, 5.41) is 3.35. The summed E-state index contributed by atoms with van der Waals surface area (Å²) in [5.74, 6) is 0.548. The van der Waals surface area contributed by atoms with E-state index < -0.39 is 0 Å². The molecule has 0 saturated carbocycles. The van der Waals surface area contributed by atoms with Crippen LogP contribution < -0.4 is 5.32 Å². The number of halogens is 1. The van der Waals surface area contributed by atoms with E-state index in [4.69, 9.17) is 0 Å². The molecule has 4 nitrogen and oxygen atoms in total. The van der Waals surface area contributed by atoms with E-state index in [-0.39, 0.29) is 5.92 Å². The lowest BCUT2D eigenvalue weighted by Crippen LogP contribution is -2.52. The van der Waals surface area contributed by atoms with Gasteiger partial charge in [-0.25, -0.2) is 0 Å². The fourth-order valence-electron chi connectivity index (χ4n) is 3.60. The molecule has 2 aliphatic rings. The van der Waals surface area contributed by atoms with E-state index in [0.717, 1.165) is 56.6 Å². The smallest absolute Gasteiger partial charge is 0.227 e. The van der Waals surface area contributed by atoms with Crippen LogP contribution in [-0.2, 0) is 4.79 Å². The van der Waals surface area contributed by atoms with E-state index in [2.05, 4.69) is 62.2 Å². The number of amides is 1. The molecule has 2 fully saturated rings. The van der Waals surface area contributed by atoms with Crippen LogP contribution in [0, 0.1) is 5.92 Å². The van der Waals surface area contributed by atoms with E-state index >= 15 is 0 Å². The molecule has 1 aromatic carbocycles. The maximum absolute atomic E-state index is 12.6. The molecule has 5 heteroatoms. The van der Waals surface area contributed by atoms with Gasteiger partial charge in [-0.05, 0) is 44.0 Å². The van der Waals surface area contributed by atoms with Crippen molar-refractivity contribution in [1.82, 2.24) is 15.1 Å². The minimum Gasteiger partial charge on any atom is -0.340 e. The van der Waals surface area contributed by atoms with Gasteiger partial charge in [-0.3, -0.25) is 9.69 Å². The number of nitrogens with one attached hydrogen (secondary N) is 1. The number of carbonyl (C=O) groups is 1. The minimum absolute atomic E-state index is 0.194. The number of nitrogens with zero attached hydrogens (tertiary/aromatic N) is 2. The molecule has 0 spiro atoms. The van der Waals surface area contributed by atoms with Crippen molar-refractivity contribution < 1.29 is 4.79 Å². The lowest BCUT2D eigenvalue weighted by atomic mass is 9.97. The van der Waals surface area contributed by atoms with E-state index in [1.165, 1.54) is 5.56 Å². The maximum Gasteiger partial charge on any atom is 0.227 e. The average Bonchev–Trinajstić information content (AvgIpc) is 2.62. The summed E-state index contributed by atoms with van der Waals surface area (Å²) in [6.07, 6.45) is 2.16. The molecule has 0 aliphatic carbocycles. The van der Waals surface area contributed by atoms with Gasteiger partial charge in [0.1, 0.15) is 0 Å². The van der Waals surface area contributed by atoms with Crippen LogP contribution in [0.2, 0.25) is 0 Å². The Morgan fingerprint density at radius 1 is 1.22 bits per heavy atom. The van der Waals surface area contributed by atoms with Crippen LogP contribution in [0.5, 0.6) is 0 Å². The highest BCUT2D eigenvalue weighted by Gasteiger charge is 2.29. The quantitative estimate of drug-likeness (QED) is 0.876. The SMILES string of the molecule is CC(c1ccc(Br)cc1)N1CCN(C(=O)C2CCCNC2)CC1. The van der Waals surface area contributed by atoms with Gasteiger partial charge in [-0.15, -0.1) is 0 Å². The summed E-state index contributed by atoms with van der Waals surface area (Å²) in [4.78, 5) is 17.1. The highest BCUT2D eigenvalue weighted by molar-refractivity contribution is 9.10. The van der Waals surface area contributed by atoms with Crippen LogP contribution in [0.4, 0.5) is 0 Å². The van der Waals surface area contributed by atoms with E-state index in [1.54, 1.807) is 0 Å². The van der Waals surface area contributed by atoms with Crippen molar-refractivity contribution in [2.24, 2.45) is 5.92 Å². The van der Waals surface area contributed by atoms with Crippen molar-refractivity contribution in [2.45, 2.75) is 25.8 Å². The van der Waals surface area contributed by atoms with Gasteiger partial charge in [-0.1, -0.05) is 28.1 Å². The second-order valence-corrected chi connectivity index (χ2v) is 7.55. The van der Waals surface area contributed by atoms with Crippen molar-refractivity contribution in [3.8, 4) is 0 Å². The first-order chi connectivity index (χ1) is 11.1. The van der Waals surface area contributed by atoms with Crippen molar-refractivity contribution in [2.75, 3.05) is 39.3 Å². The van der Waals surface area contributed by atoms with Crippen molar-refractivity contribution >= 4 is 21.8 Å². The normalized spacial score (nSPS) is 24.4. The topological polar surface area (TPSA) is 35.6 Å². The van der Waals surface area contributed by atoms with E-state index in [1.807, 2.05) is 0 Å². The molecule has 0 bridgehead atoms. The van der Waals surface area contributed by atoms with Gasteiger partial charge in [0.05, 0.1) is 5.92 Å². The largest absolute Gasteiger partial charge is 0.340 e. The first kappa shape index (κ1) is 16.9. The van der Waals surface area contributed by atoms with Crippen LogP contribution in [0.1, 0.15) is 31.4 Å². The van der Waals surface area contributed by atoms with Gasteiger partial charge < -0.3 is 10.2 Å². The third-order valence-corrected chi connectivity index (χ3v) is 5.70. The Labute approximate surface area is 147 Å². The molecule has 23 heavy (non-hydrogen) atoms. The summed E-state index contributed by atoms with van der Waals surface area (Å²) in [6, 6.07) is 8.96. The highest BCUT2D eigenvalue weighted by Crippen LogP contribution is 2.24. The molecule has 2 saturated heterocycles. The molecule has 0 aromatic heterocycles. The molecular weight excluding hydrogens is 354 g/mol. The monoisotopic (exact) mass is 379 g/mol. The summed E-state index contributed by atoms with van der Waals surface area (Å²) < 4.78 is 1.12. The van der Waals surface area contributed by atoms with Crippen molar-refractivity contribution in [3.63, 3.8) is 0 Å². The summed E-state index contributed by atoms with van der Waals surface area (Å²) >= 11 is 3.49. The molecule has 1 amide bonds. The Balaban J connectivity index is 1.53. The summed E-state index contributed by atoms with van der Waals surface area (Å²) in [5.41, 5.74) is 1.34. The van der Waals surface area contributed by atoms with E-state index in [0.29, 0.717) is 11.9 Å². The Hall–Kier alpha value is -0.910. The van der Waals surface area contributed by atoms with Crippen LogP contribution in [0.15, 0.2) is 28.7 Å². The molecule has 2 heterocycles. The number of piperidine rings is 1. The lowest BCUT2D eigenvalue weighted by molar-refractivity contribution is -0.138. The first-order valence-corrected chi connectivity index (χ1v) is 9.43. The zero-order valence-corrected chi connectivity index (χ0v) is 15.4. The van der Waals surface area contributed by atoms with Crippen LogP contribution in [0.3, 0.4) is 0 Å². The highest BCUT2D eigenvalue weighted by atomic mass is 79.9. The van der Waals surface area contributed by atoms with Gasteiger partial charge in [0.15, 0.2) is 0 Å². The Kier molecular flexibility index (Phi) is 5.72. The molecule has 1 N–H and O–H groups in total. The summed E-state index contributed by atoms with van der Waals surface area (Å²) in [7, 11) is 0. The average molecular weight is 380 g/mol. The molecule has 2 atom stereocenters. The van der Waals surface area contributed by atoms with Crippen molar-refractivity contribution in [1.29, 1.82) is 0 Å². The predicted octanol–water partition coefficient (Wildman–Crippen LogP) is 2.65. The second kappa shape index (κ2) is 7.77. The van der Waals surface area contributed by atoms with Gasteiger partial charge in [0.2, 0.25) is 5.91 Å². The zero-order chi connectivity index (χ0) is 16.2. The molecular formula is C18H26BrN3O. The van der Waals surface area contributed by atoms with E-state index in [9.17, 15) is 4.79 Å². The number of hydrogen-bond donors (Lipinski definition) is 1. The molecule has 2 unspecified atom stereocenters. The van der Waals surface area contributed by atoms with Gasteiger partial charge in [0.25, 0.3) is 0 Å². The minimum atomic E-state index is 0.194. The Morgan fingerprint density at radius 2 is 1.91 bits per heavy atom. The third-order valence-electron chi connectivity index (χ3n) is 5.17. The number of benzene rings is 1. The number of hydrogen-bond acceptors (Lipinski definition) is 3. The number of rotatable bonds is 3. The first-order valence-electron chi connectivity index (χ1n) is 8.64. The summed E-state index contributed by atoms with van der Waals surface area (Å²) in [6.45, 7) is 7.81. The molecule has 0 radical (unpaired) electrons. The predicted molar refractivity (Wildman–Crippen MR) is 96.3 cm³/mol. The fourth-order valence-corrected chi connectivity index (χ4v) is 3.87. The molecule has 3 rings (SSSR count). The molecule has 1 aromatic rings. The second-order valence-electron chi connectivity index (χ2n) is 6.63. The van der Waals surface area contributed by atoms with Crippen LogP contribution in [0.25, 0.3) is 0 Å². The molecule has 126 valence electrons. The van der Waals surface area contributed by atoms with Gasteiger partial charge in [-0.2, -0.15) is 0 Å². The molecule has 2 aliphatic heterocycles. The lowest BCUT2D eigenvalue weighted by Gasteiger charge is -2.39. The van der Waals surface area contributed by atoms with Crippen LogP contribution >= 0.6 is 15.9 Å².